The molecule has 9 nitrogen and oxygen atoms in total. The molecule has 1 aromatic rings. The van der Waals surface area contributed by atoms with Crippen molar-refractivity contribution in [2.24, 2.45) is 5.73 Å². The van der Waals surface area contributed by atoms with E-state index in [2.05, 4.69) is 19.2 Å². The lowest BCUT2D eigenvalue weighted by atomic mass is 9.95. The molecule has 0 spiro atoms. The Morgan fingerprint density at radius 2 is 1.31 bits per heavy atom. The molecule has 1 saturated heterocycles. The molecule has 0 unspecified atom stereocenters. The first kappa shape index (κ1) is 45.1. The topological polar surface area (TPSA) is 145 Å². The summed E-state index contributed by atoms with van der Waals surface area (Å²) in [5.74, 6) is -2.36. The number of amides is 2. The Labute approximate surface area is 310 Å². The molecule has 0 radical (unpaired) electrons. The third-order valence-corrected chi connectivity index (χ3v) is 10.4. The minimum atomic E-state index is -1.74. The van der Waals surface area contributed by atoms with E-state index in [1.165, 1.54) is 83.5 Å². The van der Waals surface area contributed by atoms with Gasteiger partial charge in [0.1, 0.15) is 12.2 Å². The van der Waals surface area contributed by atoms with E-state index < -0.39 is 36.7 Å². The minimum absolute atomic E-state index is 0.162. The SMILES string of the molecule is CCCCCCCCCCCCCCN(C(=O)CCCCCCCCCCC)[C@@]1(NC(=O)c2ccccc2C[C@@H](C)N)C[C@@H](O)[C@H](O)[C@@H](CO)O1. The van der Waals surface area contributed by atoms with Gasteiger partial charge in [-0.15, -0.1) is 0 Å². The molecule has 1 aromatic carbocycles. The van der Waals surface area contributed by atoms with Crippen molar-refractivity contribution in [3.63, 3.8) is 0 Å². The van der Waals surface area contributed by atoms with Crippen molar-refractivity contribution in [2.45, 2.75) is 205 Å². The maximum atomic E-state index is 14.2. The molecule has 0 saturated carbocycles. The normalized spacial score (nSPS) is 21.0. The highest BCUT2D eigenvalue weighted by Crippen LogP contribution is 2.33. The molecule has 1 heterocycles. The average molecular weight is 718 g/mol. The Morgan fingerprint density at radius 1 is 0.824 bits per heavy atom. The van der Waals surface area contributed by atoms with Crippen molar-refractivity contribution in [1.29, 1.82) is 0 Å². The zero-order valence-electron chi connectivity index (χ0n) is 32.6. The Kier molecular flexibility index (Phi) is 23.6. The zero-order chi connectivity index (χ0) is 37.3. The number of carbonyl (C=O) groups excluding carboxylic acids is 2. The highest BCUT2D eigenvalue weighted by atomic mass is 16.6. The number of benzene rings is 1. The van der Waals surface area contributed by atoms with Gasteiger partial charge in [0.25, 0.3) is 5.91 Å². The molecule has 1 aliphatic heterocycles. The third-order valence-electron chi connectivity index (χ3n) is 10.4. The standard InChI is InChI=1S/C42H75N3O6/c1-4-6-8-10-12-14-15-16-18-20-22-26-30-45(39(48)29-23-21-19-17-13-11-9-7-5-2)42(32-37(47)40(49)38(33-46)51-42)44-41(50)36-28-25-24-27-35(36)31-34(3)43/h24-25,27-28,34,37-38,40,46-47,49H,4-23,26,29-33,43H2,1-3H3,(H,44,50)/t34-,37-,38-,40+,42+/m1/s1. The first-order valence-corrected chi connectivity index (χ1v) is 20.8. The molecule has 6 N–H and O–H groups in total. The maximum absolute atomic E-state index is 14.2. The second kappa shape index (κ2) is 26.7. The van der Waals surface area contributed by atoms with Gasteiger partial charge in [-0.05, 0) is 37.8 Å². The fraction of sp³-hybridized carbons (Fsp3) is 0.810. The number of hydrogen-bond donors (Lipinski definition) is 5. The quantitative estimate of drug-likeness (QED) is 0.0418. The second-order valence-corrected chi connectivity index (χ2v) is 15.2. The number of carbonyl (C=O) groups is 2. The number of aliphatic hydroxyl groups excluding tert-OH is 3. The summed E-state index contributed by atoms with van der Waals surface area (Å²) in [6.45, 7) is 6.10. The predicted molar refractivity (Wildman–Crippen MR) is 207 cm³/mol. The van der Waals surface area contributed by atoms with Crippen LogP contribution in [0.5, 0.6) is 0 Å². The van der Waals surface area contributed by atoms with Crippen LogP contribution in [-0.2, 0) is 16.0 Å². The lowest BCUT2D eigenvalue weighted by Crippen LogP contribution is -2.71. The van der Waals surface area contributed by atoms with Gasteiger partial charge in [-0.25, -0.2) is 0 Å². The van der Waals surface area contributed by atoms with Crippen LogP contribution in [0.25, 0.3) is 0 Å². The van der Waals surface area contributed by atoms with Gasteiger partial charge in [0, 0.05) is 31.0 Å². The molecule has 0 bridgehead atoms. The molecule has 51 heavy (non-hydrogen) atoms. The molecule has 0 aromatic heterocycles. The fourth-order valence-corrected chi connectivity index (χ4v) is 7.34. The van der Waals surface area contributed by atoms with Crippen LogP contribution in [0.4, 0.5) is 0 Å². The predicted octanol–water partition coefficient (Wildman–Crippen LogP) is 7.91. The third kappa shape index (κ3) is 17.1. The number of ether oxygens (including phenoxy) is 1. The van der Waals surface area contributed by atoms with Gasteiger partial charge in [-0.2, -0.15) is 0 Å². The summed E-state index contributed by atoms with van der Waals surface area (Å²) < 4.78 is 6.34. The van der Waals surface area contributed by atoms with Crippen molar-refractivity contribution in [3.8, 4) is 0 Å². The molecule has 1 fully saturated rings. The summed E-state index contributed by atoms with van der Waals surface area (Å²) in [6.07, 6.45) is 21.1. The number of rotatable bonds is 29. The molecule has 5 atom stereocenters. The van der Waals surface area contributed by atoms with Crippen LogP contribution in [0.2, 0.25) is 0 Å². The van der Waals surface area contributed by atoms with Gasteiger partial charge in [0.15, 0.2) is 0 Å². The molecule has 2 rings (SSSR count). The Balaban J connectivity index is 2.18. The smallest absolute Gasteiger partial charge is 0.255 e. The van der Waals surface area contributed by atoms with Gasteiger partial charge in [0.2, 0.25) is 11.8 Å². The lowest BCUT2D eigenvalue weighted by Gasteiger charge is -2.50. The van der Waals surface area contributed by atoms with E-state index in [4.69, 9.17) is 10.5 Å². The first-order valence-electron chi connectivity index (χ1n) is 20.8. The molecular weight excluding hydrogens is 642 g/mol. The van der Waals surface area contributed by atoms with E-state index in [1.807, 2.05) is 19.1 Å². The highest BCUT2D eigenvalue weighted by Gasteiger charge is 2.52. The summed E-state index contributed by atoms with van der Waals surface area (Å²) in [6, 6.07) is 7.05. The second-order valence-electron chi connectivity index (χ2n) is 15.2. The number of hydrogen-bond acceptors (Lipinski definition) is 7. The van der Waals surface area contributed by atoms with E-state index in [0.29, 0.717) is 31.4 Å². The van der Waals surface area contributed by atoms with Gasteiger partial charge in [-0.1, -0.05) is 154 Å². The van der Waals surface area contributed by atoms with Crippen LogP contribution in [0.1, 0.15) is 184 Å². The Hall–Kier alpha value is -2.04. The summed E-state index contributed by atoms with van der Waals surface area (Å²) in [4.78, 5) is 29.8. The van der Waals surface area contributed by atoms with Gasteiger partial charge in [-0.3, -0.25) is 14.5 Å². The fourth-order valence-electron chi connectivity index (χ4n) is 7.34. The van der Waals surface area contributed by atoms with Crippen molar-refractivity contribution in [3.05, 3.63) is 35.4 Å². The maximum Gasteiger partial charge on any atom is 0.255 e. The van der Waals surface area contributed by atoms with Crippen LogP contribution < -0.4 is 11.1 Å². The van der Waals surface area contributed by atoms with Crippen molar-refractivity contribution >= 4 is 11.8 Å². The van der Waals surface area contributed by atoms with Crippen LogP contribution in [0.15, 0.2) is 24.3 Å². The first-order chi connectivity index (χ1) is 24.7. The lowest BCUT2D eigenvalue weighted by molar-refractivity contribution is -0.278. The van der Waals surface area contributed by atoms with Gasteiger partial charge < -0.3 is 31.1 Å². The van der Waals surface area contributed by atoms with Crippen molar-refractivity contribution < 1.29 is 29.6 Å². The monoisotopic (exact) mass is 718 g/mol. The molecule has 2 amide bonds. The minimum Gasteiger partial charge on any atom is -0.394 e. The Bertz CT molecular complexity index is 1070. The number of aliphatic hydroxyl groups is 3. The average Bonchev–Trinajstić information content (AvgIpc) is 3.11. The number of nitrogens with two attached hydrogens (primary N) is 1. The van der Waals surface area contributed by atoms with Crippen molar-refractivity contribution in [1.82, 2.24) is 10.2 Å². The number of nitrogens with one attached hydrogen (secondary N) is 1. The van der Waals surface area contributed by atoms with E-state index >= 15 is 0 Å². The number of nitrogens with zero attached hydrogens (tertiary/aromatic N) is 1. The van der Waals surface area contributed by atoms with Gasteiger partial charge >= 0.3 is 0 Å². The Morgan fingerprint density at radius 3 is 1.82 bits per heavy atom. The molecule has 0 aliphatic carbocycles. The van der Waals surface area contributed by atoms with Crippen LogP contribution in [0, 0.1) is 0 Å². The van der Waals surface area contributed by atoms with E-state index in [9.17, 15) is 24.9 Å². The zero-order valence-corrected chi connectivity index (χ0v) is 32.6. The number of unbranched alkanes of at least 4 members (excludes halogenated alkanes) is 19. The van der Waals surface area contributed by atoms with Crippen LogP contribution in [-0.4, -0.2) is 75.4 Å². The molecule has 294 valence electrons. The summed E-state index contributed by atoms with van der Waals surface area (Å²) in [5, 5.41) is 35.0. The largest absolute Gasteiger partial charge is 0.394 e. The van der Waals surface area contributed by atoms with Gasteiger partial charge in [0.05, 0.1) is 12.7 Å². The summed E-state index contributed by atoms with van der Waals surface area (Å²) in [5.41, 5.74) is 7.28. The molecular formula is C42H75N3O6. The van der Waals surface area contributed by atoms with E-state index in [0.717, 1.165) is 50.5 Å². The van der Waals surface area contributed by atoms with Crippen molar-refractivity contribution in [2.75, 3.05) is 13.2 Å². The van der Waals surface area contributed by atoms with Crippen LogP contribution in [0.3, 0.4) is 0 Å². The van der Waals surface area contributed by atoms with E-state index in [1.54, 1.807) is 17.0 Å². The summed E-state index contributed by atoms with van der Waals surface area (Å²) in [7, 11) is 0. The van der Waals surface area contributed by atoms with Crippen LogP contribution >= 0.6 is 0 Å². The summed E-state index contributed by atoms with van der Waals surface area (Å²) >= 11 is 0. The molecule has 1 aliphatic rings. The highest BCUT2D eigenvalue weighted by molar-refractivity contribution is 5.96. The van der Waals surface area contributed by atoms with E-state index in [-0.39, 0.29) is 18.4 Å². The molecule has 9 heteroatoms.